The zero-order valence-corrected chi connectivity index (χ0v) is 19.7. The van der Waals surface area contributed by atoms with Crippen LogP contribution in [0.3, 0.4) is 0 Å². The van der Waals surface area contributed by atoms with Crippen LogP contribution in [0.25, 0.3) is 0 Å². The molecule has 1 saturated heterocycles. The third-order valence-corrected chi connectivity index (χ3v) is 6.45. The molecule has 4 rings (SSSR count). The number of halogens is 1. The standard InChI is InChI=1S/C24H31FN6O3/c1-3-28-11-13-29(14-12-28)23(33)17(2)26-22(32)20-15-21-24(34)30(9-4-10-31(21)27-20)16-18-5-7-19(25)8-6-18/h5-8,15,17H,3-4,9-14,16H2,1-2H3,(H,26,32). The number of fused-ring (bicyclic) bond motifs is 1. The van der Waals surface area contributed by atoms with Crippen LogP contribution >= 0.6 is 0 Å². The summed E-state index contributed by atoms with van der Waals surface area (Å²) in [6.07, 6.45) is 0.682. The van der Waals surface area contributed by atoms with Gasteiger partial charge in [-0.1, -0.05) is 19.1 Å². The Hall–Kier alpha value is -3.27. The molecule has 3 amide bonds. The van der Waals surface area contributed by atoms with Gasteiger partial charge in [-0.25, -0.2) is 4.39 Å². The molecule has 1 fully saturated rings. The van der Waals surface area contributed by atoms with Crippen LogP contribution in [0.2, 0.25) is 0 Å². The Morgan fingerprint density at radius 3 is 2.47 bits per heavy atom. The SMILES string of the molecule is CCN1CCN(C(=O)C(C)NC(=O)c2cc3n(n2)CCCN(Cc2ccc(F)cc2)C3=O)CC1. The van der Waals surface area contributed by atoms with Crippen LogP contribution in [0.5, 0.6) is 0 Å². The van der Waals surface area contributed by atoms with E-state index < -0.39 is 11.9 Å². The number of amides is 3. The number of aromatic nitrogens is 2. The minimum Gasteiger partial charge on any atom is -0.339 e. The predicted molar refractivity (Wildman–Crippen MR) is 124 cm³/mol. The van der Waals surface area contributed by atoms with E-state index in [1.165, 1.54) is 18.2 Å². The molecule has 1 N–H and O–H groups in total. The van der Waals surface area contributed by atoms with E-state index in [2.05, 4.69) is 22.2 Å². The van der Waals surface area contributed by atoms with Crippen LogP contribution in [0.15, 0.2) is 30.3 Å². The number of hydrogen-bond acceptors (Lipinski definition) is 5. The van der Waals surface area contributed by atoms with Crippen molar-refractivity contribution in [1.82, 2.24) is 29.8 Å². The molecule has 2 aliphatic rings. The molecule has 1 atom stereocenters. The Morgan fingerprint density at radius 1 is 1.09 bits per heavy atom. The highest BCUT2D eigenvalue weighted by molar-refractivity contribution is 5.99. The molecule has 0 aliphatic carbocycles. The first-order valence-electron chi connectivity index (χ1n) is 11.8. The van der Waals surface area contributed by atoms with Crippen molar-refractivity contribution in [3.63, 3.8) is 0 Å². The highest BCUT2D eigenvalue weighted by atomic mass is 19.1. The largest absolute Gasteiger partial charge is 0.339 e. The maximum Gasteiger partial charge on any atom is 0.272 e. The molecule has 9 nitrogen and oxygen atoms in total. The van der Waals surface area contributed by atoms with Crippen LogP contribution in [-0.2, 0) is 17.9 Å². The number of piperazine rings is 1. The van der Waals surface area contributed by atoms with Gasteiger partial charge in [-0.05, 0) is 37.6 Å². The van der Waals surface area contributed by atoms with E-state index in [0.717, 1.165) is 25.2 Å². The lowest BCUT2D eigenvalue weighted by Gasteiger charge is -2.35. The van der Waals surface area contributed by atoms with Gasteiger partial charge in [0.25, 0.3) is 11.8 Å². The smallest absolute Gasteiger partial charge is 0.272 e. The number of aryl methyl sites for hydroxylation is 1. The number of likely N-dealkylation sites (N-methyl/N-ethyl adjacent to an activating group) is 1. The summed E-state index contributed by atoms with van der Waals surface area (Å²) in [5.74, 6) is -1.15. The van der Waals surface area contributed by atoms with Gasteiger partial charge in [-0.3, -0.25) is 19.1 Å². The molecule has 1 aromatic carbocycles. The first kappa shape index (κ1) is 23.9. The van der Waals surface area contributed by atoms with Gasteiger partial charge < -0.3 is 20.0 Å². The number of benzene rings is 1. The van der Waals surface area contributed by atoms with Gasteiger partial charge in [0.05, 0.1) is 0 Å². The molecular formula is C24H31FN6O3. The van der Waals surface area contributed by atoms with Gasteiger partial charge in [0.2, 0.25) is 5.91 Å². The summed E-state index contributed by atoms with van der Waals surface area (Å²) in [6.45, 7) is 9.06. The molecule has 2 aromatic rings. The van der Waals surface area contributed by atoms with E-state index in [1.807, 2.05) is 0 Å². The third kappa shape index (κ3) is 5.27. The van der Waals surface area contributed by atoms with Gasteiger partial charge in [-0.15, -0.1) is 0 Å². The van der Waals surface area contributed by atoms with Crippen molar-refractivity contribution >= 4 is 17.7 Å². The Labute approximate surface area is 198 Å². The van der Waals surface area contributed by atoms with Crippen molar-refractivity contribution in [2.45, 2.75) is 39.4 Å². The van der Waals surface area contributed by atoms with Crippen LogP contribution in [0.1, 0.15) is 46.8 Å². The van der Waals surface area contributed by atoms with Crippen LogP contribution in [0, 0.1) is 5.82 Å². The molecule has 0 bridgehead atoms. The molecule has 0 saturated carbocycles. The molecule has 0 radical (unpaired) electrons. The topological polar surface area (TPSA) is 90.8 Å². The number of carbonyl (C=O) groups excluding carboxylic acids is 3. The molecule has 10 heteroatoms. The van der Waals surface area contributed by atoms with Crippen molar-refractivity contribution < 1.29 is 18.8 Å². The van der Waals surface area contributed by atoms with Gasteiger partial charge in [-0.2, -0.15) is 5.10 Å². The lowest BCUT2D eigenvalue weighted by molar-refractivity contribution is -0.134. The summed E-state index contributed by atoms with van der Waals surface area (Å²) in [6, 6.07) is 6.85. The predicted octanol–water partition coefficient (Wildman–Crippen LogP) is 1.35. The quantitative estimate of drug-likeness (QED) is 0.688. The van der Waals surface area contributed by atoms with E-state index in [0.29, 0.717) is 44.8 Å². The average Bonchev–Trinajstić information content (AvgIpc) is 3.22. The van der Waals surface area contributed by atoms with Gasteiger partial charge in [0.1, 0.15) is 17.6 Å². The van der Waals surface area contributed by atoms with E-state index in [4.69, 9.17) is 0 Å². The first-order chi connectivity index (χ1) is 16.4. The summed E-state index contributed by atoms with van der Waals surface area (Å²) < 4.78 is 14.8. The average molecular weight is 471 g/mol. The molecule has 34 heavy (non-hydrogen) atoms. The lowest BCUT2D eigenvalue weighted by Crippen LogP contribution is -2.54. The molecule has 1 unspecified atom stereocenters. The highest BCUT2D eigenvalue weighted by Crippen LogP contribution is 2.17. The summed E-state index contributed by atoms with van der Waals surface area (Å²) in [5.41, 5.74) is 1.27. The van der Waals surface area contributed by atoms with Crippen molar-refractivity contribution in [2.24, 2.45) is 0 Å². The zero-order valence-electron chi connectivity index (χ0n) is 19.7. The fraction of sp³-hybridized carbons (Fsp3) is 0.500. The minimum absolute atomic E-state index is 0.113. The first-order valence-corrected chi connectivity index (χ1v) is 11.8. The van der Waals surface area contributed by atoms with E-state index in [-0.39, 0.29) is 23.3 Å². The van der Waals surface area contributed by atoms with E-state index >= 15 is 0 Å². The van der Waals surface area contributed by atoms with Crippen molar-refractivity contribution in [3.05, 3.63) is 53.1 Å². The van der Waals surface area contributed by atoms with Gasteiger partial charge in [0, 0.05) is 51.9 Å². The summed E-state index contributed by atoms with van der Waals surface area (Å²) in [7, 11) is 0. The normalized spacial score (nSPS) is 17.8. The van der Waals surface area contributed by atoms with E-state index in [1.54, 1.807) is 33.5 Å². The number of carbonyl (C=O) groups is 3. The monoisotopic (exact) mass is 470 g/mol. The fourth-order valence-electron chi connectivity index (χ4n) is 4.40. The second kappa shape index (κ2) is 10.3. The summed E-state index contributed by atoms with van der Waals surface area (Å²) in [4.78, 5) is 44.5. The number of rotatable bonds is 6. The van der Waals surface area contributed by atoms with E-state index in [9.17, 15) is 18.8 Å². The number of hydrogen-bond donors (Lipinski definition) is 1. The number of nitrogens with one attached hydrogen (secondary N) is 1. The maximum absolute atomic E-state index is 13.2. The molecule has 0 spiro atoms. The Balaban J connectivity index is 1.40. The summed E-state index contributed by atoms with van der Waals surface area (Å²) >= 11 is 0. The summed E-state index contributed by atoms with van der Waals surface area (Å²) in [5, 5.41) is 7.07. The second-order valence-corrected chi connectivity index (χ2v) is 8.80. The van der Waals surface area contributed by atoms with Crippen LogP contribution in [-0.4, -0.2) is 87.5 Å². The number of nitrogens with zero attached hydrogens (tertiary/aromatic N) is 5. The highest BCUT2D eigenvalue weighted by Gasteiger charge is 2.29. The molecule has 1 aromatic heterocycles. The Bertz CT molecular complexity index is 1050. The molecule has 3 heterocycles. The minimum atomic E-state index is -0.687. The molecular weight excluding hydrogens is 439 g/mol. The van der Waals surface area contributed by atoms with Crippen molar-refractivity contribution in [2.75, 3.05) is 39.3 Å². The van der Waals surface area contributed by atoms with Gasteiger partial charge >= 0.3 is 0 Å². The third-order valence-electron chi connectivity index (χ3n) is 6.45. The Morgan fingerprint density at radius 2 is 1.79 bits per heavy atom. The van der Waals surface area contributed by atoms with Crippen LogP contribution < -0.4 is 5.32 Å². The second-order valence-electron chi connectivity index (χ2n) is 8.80. The van der Waals surface area contributed by atoms with Crippen molar-refractivity contribution in [3.8, 4) is 0 Å². The maximum atomic E-state index is 13.2. The molecule has 182 valence electrons. The Kier molecular flexibility index (Phi) is 7.26. The fourth-order valence-corrected chi connectivity index (χ4v) is 4.40. The van der Waals surface area contributed by atoms with Crippen molar-refractivity contribution in [1.29, 1.82) is 0 Å². The zero-order chi connectivity index (χ0) is 24.2. The van der Waals surface area contributed by atoms with Gasteiger partial charge in [0.15, 0.2) is 5.69 Å². The lowest BCUT2D eigenvalue weighted by atomic mass is 10.2. The van der Waals surface area contributed by atoms with Crippen LogP contribution in [0.4, 0.5) is 4.39 Å². The molecule has 2 aliphatic heterocycles.